The zero-order valence-corrected chi connectivity index (χ0v) is 34.0. The molecule has 0 radical (unpaired) electrons. The van der Waals surface area contributed by atoms with E-state index in [9.17, 15) is 19.0 Å². The summed E-state index contributed by atoms with van der Waals surface area (Å²) in [6.07, 6.45) is 38.1. The van der Waals surface area contributed by atoms with Crippen molar-refractivity contribution in [1.29, 1.82) is 0 Å². The number of nitrogens with two attached hydrogens (primary N) is 1. The quantitative estimate of drug-likeness (QED) is 0.0272. The van der Waals surface area contributed by atoms with E-state index in [1.54, 1.807) is 0 Å². The van der Waals surface area contributed by atoms with Crippen molar-refractivity contribution in [3.8, 4) is 0 Å². The van der Waals surface area contributed by atoms with Crippen LogP contribution in [0.25, 0.3) is 0 Å². The van der Waals surface area contributed by atoms with Crippen LogP contribution in [0.1, 0.15) is 206 Å². The summed E-state index contributed by atoms with van der Waals surface area (Å²) in [6, 6.07) is 0. The Labute approximate surface area is 313 Å². The van der Waals surface area contributed by atoms with Crippen LogP contribution in [0, 0.1) is 0 Å². The lowest BCUT2D eigenvalue weighted by Gasteiger charge is -2.19. The second kappa shape index (κ2) is 38.5. The van der Waals surface area contributed by atoms with Crippen LogP contribution < -0.4 is 5.73 Å². The molecule has 0 rings (SSSR count). The van der Waals surface area contributed by atoms with Crippen molar-refractivity contribution in [1.82, 2.24) is 0 Å². The molecule has 0 aliphatic heterocycles. The van der Waals surface area contributed by atoms with E-state index in [0.717, 1.165) is 32.1 Å². The lowest BCUT2D eigenvalue weighted by Crippen LogP contribution is -2.29. The van der Waals surface area contributed by atoms with E-state index < -0.39 is 26.5 Å². The van der Waals surface area contributed by atoms with Crippen molar-refractivity contribution in [2.24, 2.45) is 5.73 Å². The highest BCUT2D eigenvalue weighted by molar-refractivity contribution is 7.47. The molecule has 0 aliphatic rings. The predicted molar refractivity (Wildman–Crippen MR) is 211 cm³/mol. The van der Waals surface area contributed by atoms with Crippen LogP contribution in [0.15, 0.2) is 12.2 Å². The zero-order chi connectivity index (χ0) is 37.5. The summed E-state index contributed by atoms with van der Waals surface area (Å²) in [5, 5.41) is 0. The van der Waals surface area contributed by atoms with Gasteiger partial charge in [0.15, 0.2) is 6.10 Å². The normalized spacial score (nSPS) is 13.4. The topological polar surface area (TPSA) is 134 Å². The smallest absolute Gasteiger partial charge is 0.462 e. The van der Waals surface area contributed by atoms with Gasteiger partial charge in [0.05, 0.1) is 13.2 Å². The summed E-state index contributed by atoms with van der Waals surface area (Å²) in [4.78, 5) is 34.8. The monoisotopic (exact) mass is 746 g/mol. The molecule has 51 heavy (non-hydrogen) atoms. The Balaban J connectivity index is 4.13. The van der Waals surface area contributed by atoms with Gasteiger partial charge in [0.1, 0.15) is 6.61 Å². The molecular weight excluding hydrogens is 665 g/mol. The maximum absolute atomic E-state index is 12.5. The molecule has 9 nitrogen and oxygen atoms in total. The summed E-state index contributed by atoms with van der Waals surface area (Å²) >= 11 is 0. The number of carbonyl (C=O) groups is 2. The molecule has 0 heterocycles. The standard InChI is InChI=1S/C41H80NO8P/c1-3-5-7-9-11-13-15-17-18-19-20-22-23-25-27-29-31-33-40(43)47-37-39(38-49-51(45,46)48-36-35-42)50-41(44)34-32-30-28-26-24-21-16-14-12-10-8-6-4-2/h17-18,39H,3-16,19-38,42H2,1-2H3,(H,45,46)/t39-/m1/s1. The Morgan fingerprint density at radius 3 is 1.39 bits per heavy atom. The number of phosphoric ester groups is 1. The first-order valence-corrected chi connectivity index (χ1v) is 22.7. The number of allylic oxidation sites excluding steroid dienone is 2. The largest absolute Gasteiger partial charge is 0.472 e. The van der Waals surface area contributed by atoms with E-state index in [1.165, 1.54) is 141 Å². The molecule has 2 atom stereocenters. The number of esters is 2. The van der Waals surface area contributed by atoms with Crippen LogP contribution >= 0.6 is 7.82 Å². The molecule has 0 aromatic heterocycles. The Bertz CT molecular complexity index is 856. The van der Waals surface area contributed by atoms with Crippen molar-refractivity contribution in [3.63, 3.8) is 0 Å². The molecule has 0 saturated heterocycles. The molecule has 10 heteroatoms. The molecule has 0 aromatic rings. The number of unbranched alkanes of at least 4 members (excludes halogenated alkanes) is 25. The zero-order valence-electron chi connectivity index (χ0n) is 33.1. The first-order chi connectivity index (χ1) is 24.8. The second-order valence-corrected chi connectivity index (χ2v) is 15.7. The van der Waals surface area contributed by atoms with Gasteiger partial charge in [-0.15, -0.1) is 0 Å². The van der Waals surface area contributed by atoms with Crippen LogP contribution in [-0.2, 0) is 32.7 Å². The number of phosphoric acid groups is 1. The average molecular weight is 746 g/mol. The molecule has 0 saturated carbocycles. The molecule has 302 valence electrons. The molecule has 0 bridgehead atoms. The number of hydrogen-bond acceptors (Lipinski definition) is 8. The molecule has 3 N–H and O–H groups in total. The van der Waals surface area contributed by atoms with E-state index in [2.05, 4.69) is 26.0 Å². The minimum Gasteiger partial charge on any atom is -0.462 e. The van der Waals surface area contributed by atoms with Gasteiger partial charge in [-0.05, 0) is 38.5 Å². The van der Waals surface area contributed by atoms with E-state index in [0.29, 0.717) is 6.42 Å². The van der Waals surface area contributed by atoms with Crippen molar-refractivity contribution >= 4 is 19.8 Å². The third kappa shape index (κ3) is 38.3. The van der Waals surface area contributed by atoms with Crippen LogP contribution in [0.4, 0.5) is 0 Å². The van der Waals surface area contributed by atoms with Crippen LogP contribution in [0.3, 0.4) is 0 Å². The minimum absolute atomic E-state index is 0.0556. The van der Waals surface area contributed by atoms with Crippen LogP contribution in [0.5, 0.6) is 0 Å². The van der Waals surface area contributed by atoms with Gasteiger partial charge in [0.2, 0.25) is 0 Å². The minimum atomic E-state index is -4.37. The SMILES string of the molecule is CCCCCCCCC=CCCCCCCCCCC(=O)OC[C@H](COP(=O)(O)OCCN)OC(=O)CCCCCCCCCCCCCCC. The fourth-order valence-corrected chi connectivity index (χ4v) is 6.75. The van der Waals surface area contributed by atoms with Gasteiger partial charge in [-0.3, -0.25) is 18.6 Å². The van der Waals surface area contributed by atoms with Gasteiger partial charge in [-0.25, -0.2) is 4.57 Å². The van der Waals surface area contributed by atoms with Crippen molar-refractivity contribution < 1.29 is 37.6 Å². The summed E-state index contributed by atoms with van der Waals surface area (Å²) in [5.41, 5.74) is 5.34. The van der Waals surface area contributed by atoms with Gasteiger partial charge in [0, 0.05) is 19.4 Å². The van der Waals surface area contributed by atoms with Gasteiger partial charge >= 0.3 is 19.8 Å². The maximum Gasteiger partial charge on any atom is 0.472 e. The highest BCUT2D eigenvalue weighted by Crippen LogP contribution is 2.43. The number of hydrogen-bond donors (Lipinski definition) is 2. The summed E-state index contributed by atoms with van der Waals surface area (Å²) in [6.45, 7) is 3.74. The predicted octanol–water partition coefficient (Wildman–Crippen LogP) is 11.8. The first kappa shape index (κ1) is 49.8. The Kier molecular flexibility index (Phi) is 37.5. The van der Waals surface area contributed by atoms with Crippen LogP contribution in [0.2, 0.25) is 0 Å². The van der Waals surface area contributed by atoms with E-state index in [1.807, 2.05) is 0 Å². The highest BCUT2D eigenvalue weighted by atomic mass is 31.2. The van der Waals surface area contributed by atoms with Gasteiger partial charge in [0.25, 0.3) is 0 Å². The molecule has 0 aliphatic carbocycles. The number of carbonyl (C=O) groups excluding carboxylic acids is 2. The van der Waals surface area contributed by atoms with Gasteiger partial charge in [-0.1, -0.05) is 167 Å². The van der Waals surface area contributed by atoms with Crippen molar-refractivity contribution in [2.45, 2.75) is 213 Å². The van der Waals surface area contributed by atoms with Crippen LogP contribution in [-0.4, -0.2) is 49.3 Å². The number of ether oxygens (including phenoxy) is 2. The number of rotatable bonds is 40. The molecular formula is C41H80NO8P. The van der Waals surface area contributed by atoms with E-state index in [4.69, 9.17) is 24.3 Å². The third-order valence-corrected chi connectivity index (χ3v) is 10.1. The lowest BCUT2D eigenvalue weighted by molar-refractivity contribution is -0.161. The Morgan fingerprint density at radius 2 is 0.961 bits per heavy atom. The highest BCUT2D eigenvalue weighted by Gasteiger charge is 2.26. The first-order valence-electron chi connectivity index (χ1n) is 21.2. The molecule has 0 fully saturated rings. The van der Waals surface area contributed by atoms with E-state index >= 15 is 0 Å². The lowest BCUT2D eigenvalue weighted by atomic mass is 10.0. The third-order valence-electron chi connectivity index (χ3n) is 9.15. The maximum atomic E-state index is 12.5. The average Bonchev–Trinajstić information content (AvgIpc) is 3.11. The molecule has 0 aromatic carbocycles. The summed E-state index contributed by atoms with van der Waals surface area (Å²) in [7, 11) is -4.37. The summed E-state index contributed by atoms with van der Waals surface area (Å²) in [5.74, 6) is -0.825. The Morgan fingerprint density at radius 1 is 0.569 bits per heavy atom. The summed E-state index contributed by atoms with van der Waals surface area (Å²) < 4.78 is 32.7. The van der Waals surface area contributed by atoms with Gasteiger partial charge in [-0.2, -0.15) is 0 Å². The molecule has 0 spiro atoms. The van der Waals surface area contributed by atoms with Crippen molar-refractivity contribution in [2.75, 3.05) is 26.4 Å². The fourth-order valence-electron chi connectivity index (χ4n) is 5.98. The van der Waals surface area contributed by atoms with E-state index in [-0.39, 0.29) is 38.6 Å². The van der Waals surface area contributed by atoms with Crippen molar-refractivity contribution in [3.05, 3.63) is 12.2 Å². The Hall–Kier alpha value is -1.25. The van der Waals surface area contributed by atoms with Gasteiger partial charge < -0.3 is 20.1 Å². The molecule has 1 unspecified atom stereocenters. The fraction of sp³-hybridized carbons (Fsp3) is 0.902. The molecule has 0 amide bonds. The second-order valence-electron chi connectivity index (χ2n) is 14.2.